The molecule has 0 N–H and O–H groups in total. The van der Waals surface area contributed by atoms with E-state index in [0.717, 1.165) is 0 Å². The van der Waals surface area contributed by atoms with Crippen molar-refractivity contribution in [2.75, 3.05) is 19.8 Å². The van der Waals surface area contributed by atoms with Gasteiger partial charge in [0.2, 0.25) is 0 Å². The molecule has 17 heavy (non-hydrogen) atoms. The second-order valence-electron chi connectivity index (χ2n) is 3.66. The number of carbonyl (C=O) groups excluding carboxylic acids is 1. The van der Waals surface area contributed by atoms with E-state index in [1.54, 1.807) is 24.3 Å². The highest BCUT2D eigenvalue weighted by molar-refractivity contribution is 5.92. The van der Waals surface area contributed by atoms with Crippen LogP contribution in [0.25, 0.3) is 0 Å². The molecule has 0 amide bonds. The lowest BCUT2D eigenvalue weighted by Gasteiger charge is -2.13. The van der Waals surface area contributed by atoms with Crippen LogP contribution in [0.5, 0.6) is 5.75 Å². The zero-order valence-corrected chi connectivity index (χ0v) is 9.43. The van der Waals surface area contributed by atoms with Gasteiger partial charge in [-0.15, -0.1) is 6.58 Å². The lowest BCUT2D eigenvalue weighted by molar-refractivity contribution is -0.00945. The third-order valence-corrected chi connectivity index (χ3v) is 2.34. The highest BCUT2D eigenvalue weighted by atomic mass is 16.6. The van der Waals surface area contributed by atoms with Crippen LogP contribution in [0.1, 0.15) is 10.4 Å². The van der Waals surface area contributed by atoms with Crippen molar-refractivity contribution in [3.8, 4) is 5.75 Å². The molecule has 0 aliphatic carbocycles. The maximum absolute atomic E-state index is 11.8. The van der Waals surface area contributed by atoms with Crippen molar-refractivity contribution in [1.29, 1.82) is 0 Å². The van der Waals surface area contributed by atoms with Gasteiger partial charge in [-0.25, -0.2) is 4.79 Å². The minimum atomic E-state index is -0.380. The minimum absolute atomic E-state index is 0.305. The Morgan fingerprint density at radius 3 is 3.12 bits per heavy atom. The van der Waals surface area contributed by atoms with E-state index in [1.807, 2.05) is 6.07 Å². The molecule has 1 unspecified atom stereocenters. The van der Waals surface area contributed by atoms with E-state index in [-0.39, 0.29) is 12.1 Å². The number of ether oxygens (including phenoxy) is 3. The molecule has 0 radical (unpaired) electrons. The molecule has 4 nitrogen and oxygen atoms in total. The summed E-state index contributed by atoms with van der Waals surface area (Å²) < 4.78 is 16.0. The van der Waals surface area contributed by atoms with Crippen molar-refractivity contribution < 1.29 is 19.0 Å². The van der Waals surface area contributed by atoms with Gasteiger partial charge in [0.25, 0.3) is 0 Å². The summed E-state index contributed by atoms with van der Waals surface area (Å²) in [5.74, 6) is 0.189. The lowest BCUT2D eigenvalue weighted by atomic mass is 10.2. The second kappa shape index (κ2) is 5.50. The van der Waals surface area contributed by atoms with Crippen molar-refractivity contribution in [2.45, 2.75) is 6.10 Å². The first-order valence-electron chi connectivity index (χ1n) is 5.42. The first-order chi connectivity index (χ1) is 8.31. The Morgan fingerprint density at radius 1 is 1.47 bits per heavy atom. The average Bonchev–Trinajstić information content (AvgIpc) is 2.50. The van der Waals surface area contributed by atoms with E-state index in [4.69, 9.17) is 14.2 Å². The Bertz CT molecular complexity index is 414. The molecule has 1 aromatic rings. The number of hydrogen-bond donors (Lipinski definition) is 0. The van der Waals surface area contributed by atoms with Crippen LogP contribution in [-0.4, -0.2) is 31.9 Å². The fourth-order valence-corrected chi connectivity index (χ4v) is 1.56. The number of benzene rings is 1. The zero-order chi connectivity index (χ0) is 12.1. The number of hydrogen-bond acceptors (Lipinski definition) is 4. The summed E-state index contributed by atoms with van der Waals surface area (Å²) in [6.07, 6.45) is 1.27. The summed E-state index contributed by atoms with van der Waals surface area (Å²) in [6.45, 7) is 4.59. The van der Waals surface area contributed by atoms with Gasteiger partial charge >= 0.3 is 5.97 Å². The summed E-state index contributed by atoms with van der Waals surface area (Å²) >= 11 is 0. The molecule has 0 aromatic heterocycles. The Kier molecular flexibility index (Phi) is 3.77. The van der Waals surface area contributed by atoms with E-state index in [2.05, 4.69) is 6.58 Å². The summed E-state index contributed by atoms with van der Waals surface area (Å²) in [5, 5.41) is 0. The summed E-state index contributed by atoms with van der Waals surface area (Å²) in [7, 11) is 0. The van der Waals surface area contributed by atoms with Gasteiger partial charge in [0.15, 0.2) is 6.10 Å². The van der Waals surface area contributed by atoms with Crippen molar-refractivity contribution in [1.82, 2.24) is 0 Å². The predicted octanol–water partition coefficient (Wildman–Crippen LogP) is 1.81. The minimum Gasteiger partial charge on any atom is -0.489 e. The largest absolute Gasteiger partial charge is 0.489 e. The van der Waals surface area contributed by atoms with Crippen LogP contribution in [0.3, 0.4) is 0 Å². The Labute approximate surface area is 99.8 Å². The van der Waals surface area contributed by atoms with Gasteiger partial charge in [-0.05, 0) is 12.1 Å². The molecule has 0 bridgehead atoms. The molecule has 90 valence electrons. The van der Waals surface area contributed by atoms with Crippen LogP contribution in [0.15, 0.2) is 36.9 Å². The molecule has 0 saturated heterocycles. The van der Waals surface area contributed by atoms with Crippen LogP contribution in [0, 0.1) is 0 Å². The fourth-order valence-electron chi connectivity index (χ4n) is 1.56. The third kappa shape index (κ3) is 2.85. The van der Waals surface area contributed by atoms with Gasteiger partial charge in [0.1, 0.15) is 17.9 Å². The molecular formula is C13H14O4. The molecule has 0 fully saturated rings. The van der Waals surface area contributed by atoms with Crippen LogP contribution in [0.4, 0.5) is 0 Å². The number of esters is 1. The molecule has 1 aliphatic heterocycles. The Morgan fingerprint density at radius 2 is 2.29 bits per heavy atom. The molecular weight excluding hydrogens is 220 g/mol. The first kappa shape index (κ1) is 11.7. The third-order valence-electron chi connectivity index (χ3n) is 2.34. The van der Waals surface area contributed by atoms with Crippen molar-refractivity contribution in [3.05, 3.63) is 42.5 Å². The zero-order valence-electron chi connectivity index (χ0n) is 9.43. The molecule has 2 rings (SSSR count). The highest BCUT2D eigenvalue weighted by Gasteiger charge is 2.24. The molecule has 1 atom stereocenters. The van der Waals surface area contributed by atoms with Gasteiger partial charge in [0, 0.05) is 0 Å². The predicted molar refractivity (Wildman–Crippen MR) is 62.2 cm³/mol. The molecule has 1 heterocycles. The standard InChI is InChI=1S/C13H14O4/c1-2-7-15-8-10-9-16-12-6-4-3-5-11(12)13(14)17-10/h2-6,10H,1,7-9H2. The fraction of sp³-hybridized carbons (Fsp3) is 0.308. The topological polar surface area (TPSA) is 44.8 Å². The van der Waals surface area contributed by atoms with Gasteiger partial charge in [-0.3, -0.25) is 0 Å². The van der Waals surface area contributed by atoms with Gasteiger partial charge in [-0.1, -0.05) is 18.2 Å². The maximum atomic E-state index is 11.8. The van der Waals surface area contributed by atoms with Crippen molar-refractivity contribution >= 4 is 5.97 Å². The van der Waals surface area contributed by atoms with Gasteiger partial charge in [0.05, 0.1) is 13.2 Å². The second-order valence-corrected chi connectivity index (χ2v) is 3.66. The SMILES string of the molecule is C=CCOCC1COc2ccccc2C(=O)O1. The monoisotopic (exact) mass is 234 g/mol. The normalized spacial score (nSPS) is 18.6. The van der Waals surface area contributed by atoms with Gasteiger partial charge < -0.3 is 14.2 Å². The smallest absolute Gasteiger partial charge is 0.342 e. The van der Waals surface area contributed by atoms with Crippen LogP contribution in [0.2, 0.25) is 0 Å². The van der Waals surface area contributed by atoms with E-state index in [1.165, 1.54) is 0 Å². The van der Waals surface area contributed by atoms with Crippen molar-refractivity contribution in [3.63, 3.8) is 0 Å². The summed E-state index contributed by atoms with van der Waals surface area (Å²) in [6, 6.07) is 7.03. The van der Waals surface area contributed by atoms with Crippen molar-refractivity contribution in [2.24, 2.45) is 0 Å². The van der Waals surface area contributed by atoms with Gasteiger partial charge in [-0.2, -0.15) is 0 Å². The maximum Gasteiger partial charge on any atom is 0.342 e. The lowest BCUT2D eigenvalue weighted by Crippen LogP contribution is -2.27. The number of carbonyl (C=O) groups is 1. The molecule has 1 aliphatic rings. The van der Waals surface area contributed by atoms with E-state index in [9.17, 15) is 4.79 Å². The quantitative estimate of drug-likeness (QED) is 0.453. The van der Waals surface area contributed by atoms with E-state index < -0.39 is 0 Å². The van der Waals surface area contributed by atoms with E-state index in [0.29, 0.717) is 31.1 Å². The van der Waals surface area contributed by atoms with Crippen LogP contribution in [-0.2, 0) is 9.47 Å². The van der Waals surface area contributed by atoms with Crippen LogP contribution < -0.4 is 4.74 Å². The van der Waals surface area contributed by atoms with E-state index >= 15 is 0 Å². The summed E-state index contributed by atoms with van der Waals surface area (Å²) in [4.78, 5) is 11.8. The van der Waals surface area contributed by atoms with Crippen LogP contribution >= 0.6 is 0 Å². The summed E-state index contributed by atoms with van der Waals surface area (Å²) in [5.41, 5.74) is 0.457. The number of fused-ring (bicyclic) bond motifs is 1. The number of cyclic esters (lactones) is 1. The molecule has 4 heteroatoms. The number of rotatable bonds is 4. The average molecular weight is 234 g/mol. The Hall–Kier alpha value is -1.81. The molecule has 0 saturated carbocycles. The molecule has 1 aromatic carbocycles. The molecule has 0 spiro atoms. The Balaban J connectivity index is 2.02. The number of para-hydroxylation sites is 1. The highest BCUT2D eigenvalue weighted by Crippen LogP contribution is 2.22. The first-order valence-corrected chi connectivity index (χ1v) is 5.42.